The van der Waals surface area contributed by atoms with Gasteiger partial charge in [0.1, 0.15) is 0 Å². The van der Waals surface area contributed by atoms with Crippen molar-refractivity contribution in [3.63, 3.8) is 0 Å². The fourth-order valence-corrected chi connectivity index (χ4v) is 4.21. The van der Waals surface area contributed by atoms with Crippen LogP contribution in [0.5, 0.6) is 0 Å². The molecule has 1 atom stereocenters. The molecule has 2 aromatic heterocycles. The van der Waals surface area contributed by atoms with Crippen molar-refractivity contribution in [2.24, 2.45) is 7.05 Å². The average molecular weight is 338 g/mol. The molecule has 1 N–H and O–H groups in total. The van der Waals surface area contributed by atoms with Gasteiger partial charge in [0.15, 0.2) is 0 Å². The molecule has 0 aromatic carbocycles. The molecule has 4 nitrogen and oxygen atoms in total. The Bertz CT molecular complexity index is 620. The van der Waals surface area contributed by atoms with Gasteiger partial charge >= 0.3 is 0 Å². The minimum absolute atomic E-state index is 0.0796. The summed E-state index contributed by atoms with van der Waals surface area (Å²) in [6.45, 7) is 6.63. The zero-order valence-corrected chi connectivity index (χ0v) is 15.2. The highest BCUT2D eigenvalue weighted by atomic mass is 32.2. The van der Waals surface area contributed by atoms with Crippen LogP contribution in [0.25, 0.3) is 0 Å². The summed E-state index contributed by atoms with van der Waals surface area (Å²) in [5, 5.41) is 9.51. The highest BCUT2D eigenvalue weighted by molar-refractivity contribution is 7.98. The molecule has 0 saturated heterocycles. The zero-order valence-electron chi connectivity index (χ0n) is 13.5. The summed E-state index contributed by atoms with van der Waals surface area (Å²) >= 11 is 3.63. The van der Waals surface area contributed by atoms with E-state index in [-0.39, 0.29) is 11.8 Å². The first-order valence-corrected chi connectivity index (χ1v) is 9.42. The van der Waals surface area contributed by atoms with E-state index in [2.05, 4.69) is 27.9 Å². The van der Waals surface area contributed by atoms with Gasteiger partial charge in [-0.3, -0.25) is 9.48 Å². The number of rotatable bonds is 7. The fourth-order valence-electron chi connectivity index (χ4n) is 2.51. The number of hydrogen-bond donors (Lipinski definition) is 1. The number of aryl methyl sites for hydroxylation is 2. The lowest BCUT2D eigenvalue weighted by molar-refractivity contribution is -0.122. The number of nitrogens with zero attached hydrogens (tertiary/aromatic N) is 2. The SMILES string of the molecule is Cc1nn(C)c(C)c1[C@H](C)C(=O)NCCSCc1cccs1. The molecule has 0 aliphatic rings. The van der Waals surface area contributed by atoms with Gasteiger partial charge in [0, 0.05) is 41.2 Å². The monoisotopic (exact) mass is 337 g/mol. The van der Waals surface area contributed by atoms with Crippen LogP contribution in [0.15, 0.2) is 17.5 Å². The van der Waals surface area contributed by atoms with Gasteiger partial charge in [0.25, 0.3) is 0 Å². The Kier molecular flexibility index (Phi) is 6.08. The van der Waals surface area contributed by atoms with Crippen LogP contribution < -0.4 is 5.32 Å². The van der Waals surface area contributed by atoms with Gasteiger partial charge in [0.2, 0.25) is 5.91 Å². The third kappa shape index (κ3) is 4.14. The summed E-state index contributed by atoms with van der Waals surface area (Å²) < 4.78 is 1.84. The molecule has 0 radical (unpaired) electrons. The Hall–Kier alpha value is -1.27. The van der Waals surface area contributed by atoms with Gasteiger partial charge in [-0.05, 0) is 32.2 Å². The normalized spacial score (nSPS) is 12.4. The highest BCUT2D eigenvalue weighted by Crippen LogP contribution is 2.23. The third-order valence-electron chi connectivity index (χ3n) is 3.76. The maximum absolute atomic E-state index is 12.3. The Morgan fingerprint density at radius 2 is 2.27 bits per heavy atom. The molecular formula is C16H23N3OS2. The molecule has 120 valence electrons. The molecule has 0 saturated carbocycles. The summed E-state index contributed by atoms with van der Waals surface area (Å²) in [5.41, 5.74) is 3.05. The van der Waals surface area contributed by atoms with Crippen LogP contribution in [0, 0.1) is 13.8 Å². The highest BCUT2D eigenvalue weighted by Gasteiger charge is 2.22. The van der Waals surface area contributed by atoms with Crippen LogP contribution in [0.2, 0.25) is 0 Å². The lowest BCUT2D eigenvalue weighted by Crippen LogP contribution is -2.30. The number of amides is 1. The lowest BCUT2D eigenvalue weighted by Gasteiger charge is -2.13. The number of nitrogens with one attached hydrogen (secondary N) is 1. The molecule has 0 unspecified atom stereocenters. The first kappa shape index (κ1) is 17.1. The van der Waals surface area contributed by atoms with E-state index in [1.165, 1.54) is 4.88 Å². The molecule has 0 aliphatic carbocycles. The smallest absolute Gasteiger partial charge is 0.227 e. The molecule has 1 amide bonds. The van der Waals surface area contributed by atoms with E-state index in [4.69, 9.17) is 0 Å². The number of thioether (sulfide) groups is 1. The van der Waals surface area contributed by atoms with E-state index in [0.717, 1.165) is 28.5 Å². The largest absolute Gasteiger partial charge is 0.355 e. The molecule has 0 fully saturated rings. The van der Waals surface area contributed by atoms with Gasteiger partial charge in [-0.2, -0.15) is 16.9 Å². The molecule has 6 heteroatoms. The fraction of sp³-hybridized carbons (Fsp3) is 0.500. The first-order valence-electron chi connectivity index (χ1n) is 7.38. The van der Waals surface area contributed by atoms with Crippen molar-refractivity contribution < 1.29 is 4.79 Å². The maximum atomic E-state index is 12.3. The molecule has 0 bridgehead atoms. The predicted molar refractivity (Wildman–Crippen MR) is 94.6 cm³/mol. The van der Waals surface area contributed by atoms with Gasteiger partial charge in [-0.1, -0.05) is 6.07 Å². The Morgan fingerprint density at radius 3 is 2.86 bits per heavy atom. The van der Waals surface area contributed by atoms with Crippen molar-refractivity contribution in [1.29, 1.82) is 0 Å². The summed E-state index contributed by atoms with van der Waals surface area (Å²) in [7, 11) is 1.91. The minimum Gasteiger partial charge on any atom is -0.355 e. The summed E-state index contributed by atoms with van der Waals surface area (Å²) in [6, 6.07) is 4.22. The van der Waals surface area contributed by atoms with Crippen molar-refractivity contribution in [1.82, 2.24) is 15.1 Å². The summed E-state index contributed by atoms with van der Waals surface area (Å²) in [4.78, 5) is 13.7. The second-order valence-corrected chi connectivity index (χ2v) is 7.49. The van der Waals surface area contributed by atoms with Crippen molar-refractivity contribution >= 4 is 29.0 Å². The van der Waals surface area contributed by atoms with E-state index < -0.39 is 0 Å². The number of aromatic nitrogens is 2. The molecule has 2 rings (SSSR count). The maximum Gasteiger partial charge on any atom is 0.227 e. The van der Waals surface area contributed by atoms with Crippen LogP contribution in [0.3, 0.4) is 0 Å². The van der Waals surface area contributed by atoms with Crippen LogP contribution in [0.4, 0.5) is 0 Å². The summed E-state index contributed by atoms with van der Waals surface area (Å²) in [6.07, 6.45) is 0. The van der Waals surface area contributed by atoms with Crippen LogP contribution in [0.1, 0.15) is 34.7 Å². The van der Waals surface area contributed by atoms with Gasteiger partial charge in [-0.25, -0.2) is 0 Å². The van der Waals surface area contributed by atoms with Crippen LogP contribution in [-0.4, -0.2) is 28.0 Å². The first-order chi connectivity index (χ1) is 10.5. The quantitative estimate of drug-likeness (QED) is 0.789. The van der Waals surface area contributed by atoms with Crippen molar-refractivity contribution in [3.8, 4) is 0 Å². The van der Waals surface area contributed by atoms with Gasteiger partial charge in [0.05, 0.1) is 11.6 Å². The Labute approximate surface area is 140 Å². The average Bonchev–Trinajstić information content (AvgIpc) is 3.07. The topological polar surface area (TPSA) is 46.9 Å². The van der Waals surface area contributed by atoms with E-state index >= 15 is 0 Å². The summed E-state index contributed by atoms with van der Waals surface area (Å²) in [5.74, 6) is 1.87. The lowest BCUT2D eigenvalue weighted by atomic mass is 9.98. The molecule has 0 aliphatic heterocycles. The van der Waals surface area contributed by atoms with Crippen molar-refractivity contribution in [3.05, 3.63) is 39.3 Å². The third-order valence-corrected chi connectivity index (χ3v) is 5.83. The van der Waals surface area contributed by atoms with E-state index in [0.29, 0.717) is 6.54 Å². The second kappa shape index (κ2) is 7.83. The molecule has 2 heterocycles. The molecular weight excluding hydrogens is 314 g/mol. The van der Waals surface area contributed by atoms with E-state index in [9.17, 15) is 4.79 Å². The van der Waals surface area contributed by atoms with Crippen molar-refractivity contribution in [2.45, 2.75) is 32.4 Å². The van der Waals surface area contributed by atoms with E-state index in [1.54, 1.807) is 11.3 Å². The number of thiophene rings is 1. The molecule has 22 heavy (non-hydrogen) atoms. The molecule has 2 aromatic rings. The van der Waals surface area contributed by atoms with E-state index in [1.807, 2.05) is 44.3 Å². The van der Waals surface area contributed by atoms with Crippen LogP contribution >= 0.6 is 23.1 Å². The number of carbonyl (C=O) groups is 1. The Morgan fingerprint density at radius 1 is 1.50 bits per heavy atom. The van der Waals surface area contributed by atoms with Gasteiger partial charge < -0.3 is 5.32 Å². The van der Waals surface area contributed by atoms with Crippen LogP contribution in [-0.2, 0) is 17.6 Å². The predicted octanol–water partition coefficient (Wildman–Crippen LogP) is 3.25. The minimum atomic E-state index is -0.156. The Balaban J connectivity index is 1.77. The second-order valence-electron chi connectivity index (χ2n) is 5.35. The number of hydrogen-bond acceptors (Lipinski definition) is 4. The zero-order chi connectivity index (χ0) is 16.1. The molecule has 0 spiro atoms. The standard InChI is InChI=1S/C16H23N3OS2/c1-11(15-12(2)18-19(4)13(15)3)16(20)17-7-9-21-10-14-6-5-8-22-14/h5-6,8,11H,7,9-10H2,1-4H3,(H,17,20)/t11-/m0/s1. The van der Waals surface area contributed by atoms with Gasteiger partial charge in [-0.15, -0.1) is 11.3 Å². The number of carbonyl (C=O) groups excluding carboxylic acids is 1. The van der Waals surface area contributed by atoms with Crippen molar-refractivity contribution in [2.75, 3.05) is 12.3 Å².